The van der Waals surface area contributed by atoms with Gasteiger partial charge in [0.15, 0.2) is 5.03 Å². The second kappa shape index (κ2) is 4.85. The van der Waals surface area contributed by atoms with E-state index in [1.165, 1.54) is 12.6 Å². The molecule has 100 valence electrons. The average molecular weight is 269 g/mol. The van der Waals surface area contributed by atoms with Crippen molar-refractivity contribution in [3.8, 4) is 0 Å². The zero-order valence-electron chi connectivity index (χ0n) is 10.7. The Morgan fingerprint density at radius 2 is 2.17 bits per heavy atom. The predicted molar refractivity (Wildman–Crippen MR) is 70.9 cm³/mol. The predicted octanol–water partition coefficient (Wildman–Crippen LogP) is 1.59. The first kappa shape index (κ1) is 13.3. The number of nitrogens with zero attached hydrogens (tertiary/aromatic N) is 1. The van der Waals surface area contributed by atoms with Crippen LogP contribution in [0.2, 0.25) is 0 Å². The first-order chi connectivity index (χ1) is 8.47. The average Bonchev–Trinajstić information content (AvgIpc) is 2.34. The van der Waals surface area contributed by atoms with Crippen LogP contribution in [-0.4, -0.2) is 27.0 Å². The van der Waals surface area contributed by atoms with Gasteiger partial charge in [0.1, 0.15) is 0 Å². The van der Waals surface area contributed by atoms with Gasteiger partial charge in [-0.25, -0.2) is 18.1 Å². The number of anilines is 1. The lowest BCUT2D eigenvalue weighted by atomic mass is 9.71. The van der Waals surface area contributed by atoms with Crippen LogP contribution in [0.1, 0.15) is 26.2 Å². The largest absolute Gasteiger partial charge is 0.386 e. The van der Waals surface area contributed by atoms with Crippen LogP contribution in [0.3, 0.4) is 0 Å². The molecule has 1 aromatic heterocycles. The summed E-state index contributed by atoms with van der Waals surface area (Å²) in [5, 5.41) is 2.91. The molecule has 2 rings (SSSR count). The van der Waals surface area contributed by atoms with Crippen molar-refractivity contribution in [2.45, 2.75) is 31.2 Å². The van der Waals surface area contributed by atoms with Gasteiger partial charge in [-0.1, -0.05) is 13.3 Å². The van der Waals surface area contributed by atoms with Crippen LogP contribution in [0.15, 0.2) is 23.4 Å². The lowest BCUT2D eigenvalue weighted by molar-refractivity contribution is 0.166. The van der Waals surface area contributed by atoms with E-state index in [0.29, 0.717) is 12.2 Å². The highest BCUT2D eigenvalue weighted by molar-refractivity contribution is 7.89. The van der Waals surface area contributed by atoms with Gasteiger partial charge in [-0.15, -0.1) is 0 Å². The quantitative estimate of drug-likeness (QED) is 0.851. The van der Waals surface area contributed by atoms with Crippen molar-refractivity contribution in [3.05, 3.63) is 18.3 Å². The Kier molecular flexibility index (Phi) is 3.59. The van der Waals surface area contributed by atoms with Crippen molar-refractivity contribution in [2.75, 3.05) is 18.9 Å². The highest BCUT2D eigenvalue weighted by Gasteiger charge is 2.33. The number of hydrogen-bond donors (Lipinski definition) is 2. The molecule has 1 saturated carbocycles. The molecule has 0 bridgehead atoms. The molecule has 0 aliphatic heterocycles. The van der Waals surface area contributed by atoms with Gasteiger partial charge >= 0.3 is 0 Å². The molecule has 0 saturated heterocycles. The molecule has 2 N–H and O–H groups in total. The van der Waals surface area contributed by atoms with E-state index in [9.17, 15) is 8.42 Å². The molecule has 0 amide bonds. The molecule has 1 fully saturated rings. The van der Waals surface area contributed by atoms with E-state index in [0.717, 1.165) is 12.8 Å². The zero-order valence-corrected chi connectivity index (χ0v) is 11.5. The molecule has 1 aliphatic carbocycles. The fraction of sp³-hybridized carbons (Fsp3) is 0.583. The van der Waals surface area contributed by atoms with Crippen molar-refractivity contribution >= 4 is 15.7 Å². The molecule has 1 aromatic rings. The molecule has 1 aliphatic rings. The van der Waals surface area contributed by atoms with Crippen LogP contribution < -0.4 is 10.0 Å². The Bertz CT molecular complexity index is 524. The summed E-state index contributed by atoms with van der Waals surface area (Å²) in [6, 6.07) is 3.41. The van der Waals surface area contributed by atoms with Crippen LogP contribution in [0.4, 0.5) is 5.69 Å². The molecule has 0 unspecified atom stereocenters. The number of rotatable bonds is 5. The number of hydrogen-bond acceptors (Lipinski definition) is 4. The minimum absolute atomic E-state index is 0.0652. The molecule has 5 nitrogen and oxygen atoms in total. The summed E-state index contributed by atoms with van der Waals surface area (Å²) in [6.45, 7) is 2.59. The second-order valence-corrected chi connectivity index (χ2v) is 6.78. The van der Waals surface area contributed by atoms with Crippen LogP contribution in [0.25, 0.3) is 0 Å². The maximum Gasteiger partial charge on any atom is 0.260 e. The van der Waals surface area contributed by atoms with E-state index in [2.05, 4.69) is 21.9 Å². The smallest absolute Gasteiger partial charge is 0.260 e. The third-order valence-corrected chi connectivity index (χ3v) is 4.90. The van der Waals surface area contributed by atoms with E-state index >= 15 is 0 Å². The van der Waals surface area contributed by atoms with Crippen molar-refractivity contribution in [1.29, 1.82) is 0 Å². The summed E-state index contributed by atoms with van der Waals surface area (Å²) in [7, 11) is -1.85. The van der Waals surface area contributed by atoms with Crippen molar-refractivity contribution in [2.24, 2.45) is 5.41 Å². The van der Waals surface area contributed by atoms with Crippen molar-refractivity contribution < 1.29 is 8.42 Å². The highest BCUT2D eigenvalue weighted by atomic mass is 32.2. The summed E-state index contributed by atoms with van der Waals surface area (Å²) in [6.07, 6.45) is 4.83. The van der Waals surface area contributed by atoms with Crippen LogP contribution in [0.5, 0.6) is 0 Å². The Morgan fingerprint density at radius 1 is 1.44 bits per heavy atom. The van der Waals surface area contributed by atoms with Crippen LogP contribution >= 0.6 is 0 Å². The van der Waals surface area contributed by atoms with Gasteiger partial charge in [-0.2, -0.15) is 0 Å². The maximum atomic E-state index is 12.2. The molecule has 0 atom stereocenters. The van der Waals surface area contributed by atoms with Crippen LogP contribution in [-0.2, 0) is 10.0 Å². The van der Waals surface area contributed by atoms with E-state index in [1.54, 1.807) is 19.2 Å². The first-order valence-electron chi connectivity index (χ1n) is 6.09. The molecule has 18 heavy (non-hydrogen) atoms. The topological polar surface area (TPSA) is 71.1 Å². The van der Waals surface area contributed by atoms with Gasteiger partial charge in [0.25, 0.3) is 10.0 Å². The van der Waals surface area contributed by atoms with Gasteiger partial charge in [-0.05, 0) is 30.4 Å². The minimum Gasteiger partial charge on any atom is -0.386 e. The lowest BCUT2D eigenvalue weighted by Gasteiger charge is -2.38. The SMILES string of the molecule is CNc1cccnc1S(=O)(=O)NCC1(C)CCC1. The number of pyridine rings is 1. The second-order valence-electron chi connectivity index (χ2n) is 5.09. The van der Waals surface area contributed by atoms with Gasteiger partial charge in [0, 0.05) is 19.8 Å². The summed E-state index contributed by atoms with van der Waals surface area (Å²) in [5.74, 6) is 0. The van der Waals surface area contributed by atoms with Crippen LogP contribution in [0, 0.1) is 5.41 Å². The van der Waals surface area contributed by atoms with Gasteiger partial charge in [0.2, 0.25) is 0 Å². The van der Waals surface area contributed by atoms with Crippen molar-refractivity contribution in [1.82, 2.24) is 9.71 Å². The summed E-state index contributed by atoms with van der Waals surface area (Å²) < 4.78 is 27.0. The Balaban J connectivity index is 2.15. The van der Waals surface area contributed by atoms with E-state index in [-0.39, 0.29) is 10.4 Å². The molecular formula is C12H19N3O2S. The molecule has 0 spiro atoms. The molecule has 1 heterocycles. The Morgan fingerprint density at radius 3 is 2.72 bits per heavy atom. The van der Waals surface area contributed by atoms with Gasteiger partial charge < -0.3 is 5.32 Å². The molecular weight excluding hydrogens is 250 g/mol. The van der Waals surface area contributed by atoms with E-state index in [1.807, 2.05) is 0 Å². The molecule has 0 radical (unpaired) electrons. The number of aromatic nitrogens is 1. The normalized spacial score (nSPS) is 18.1. The minimum atomic E-state index is -3.54. The van der Waals surface area contributed by atoms with Crippen molar-refractivity contribution in [3.63, 3.8) is 0 Å². The Hall–Kier alpha value is -1.14. The van der Waals surface area contributed by atoms with E-state index in [4.69, 9.17) is 0 Å². The fourth-order valence-corrected chi connectivity index (χ4v) is 3.42. The fourth-order valence-electron chi connectivity index (χ4n) is 2.09. The summed E-state index contributed by atoms with van der Waals surface area (Å²) >= 11 is 0. The third-order valence-electron chi connectivity index (χ3n) is 3.54. The Labute approximate surface area is 108 Å². The number of nitrogens with one attached hydrogen (secondary N) is 2. The highest BCUT2D eigenvalue weighted by Crippen LogP contribution is 2.39. The summed E-state index contributed by atoms with van der Waals surface area (Å²) in [4.78, 5) is 3.95. The molecule has 6 heteroatoms. The standard InChI is InChI=1S/C12H19N3O2S/c1-12(6-4-7-12)9-15-18(16,17)11-10(13-2)5-3-8-14-11/h3,5,8,13,15H,4,6-7,9H2,1-2H3. The number of sulfonamides is 1. The zero-order chi connectivity index (χ0) is 13.2. The molecule has 0 aromatic carbocycles. The maximum absolute atomic E-state index is 12.2. The summed E-state index contributed by atoms with van der Waals surface area (Å²) in [5.41, 5.74) is 0.630. The van der Waals surface area contributed by atoms with Gasteiger partial charge in [-0.3, -0.25) is 0 Å². The first-order valence-corrected chi connectivity index (χ1v) is 7.58. The van der Waals surface area contributed by atoms with Gasteiger partial charge in [0.05, 0.1) is 5.69 Å². The van der Waals surface area contributed by atoms with E-state index < -0.39 is 10.0 Å². The third kappa shape index (κ3) is 2.64. The lowest BCUT2D eigenvalue weighted by Crippen LogP contribution is -2.40. The monoisotopic (exact) mass is 269 g/mol.